The Balaban J connectivity index is 2.47. The van der Waals surface area contributed by atoms with Crippen LogP contribution in [-0.4, -0.2) is 24.5 Å². The molecule has 1 atom stereocenters. The second kappa shape index (κ2) is 6.01. The lowest BCUT2D eigenvalue weighted by Crippen LogP contribution is -2.06. The SMILES string of the molecule is COCCSc1ccc(C(C)N)nc1. The van der Waals surface area contributed by atoms with E-state index in [0.29, 0.717) is 0 Å². The van der Waals surface area contributed by atoms with Crippen LogP contribution in [0.4, 0.5) is 0 Å². The van der Waals surface area contributed by atoms with Crippen molar-refractivity contribution in [3.8, 4) is 0 Å². The van der Waals surface area contributed by atoms with E-state index in [-0.39, 0.29) is 6.04 Å². The number of aromatic nitrogens is 1. The Morgan fingerprint density at radius 3 is 2.86 bits per heavy atom. The van der Waals surface area contributed by atoms with Crippen LogP contribution in [0.5, 0.6) is 0 Å². The van der Waals surface area contributed by atoms with Gasteiger partial charge in [-0.25, -0.2) is 0 Å². The molecule has 0 aliphatic heterocycles. The third-order valence-electron chi connectivity index (χ3n) is 1.78. The van der Waals surface area contributed by atoms with Crippen LogP contribution in [0.15, 0.2) is 23.2 Å². The summed E-state index contributed by atoms with van der Waals surface area (Å²) in [5.74, 6) is 0.954. The second-order valence-corrected chi connectivity index (χ2v) is 4.22. The Hall–Kier alpha value is -0.580. The van der Waals surface area contributed by atoms with Gasteiger partial charge < -0.3 is 10.5 Å². The molecule has 0 saturated heterocycles. The van der Waals surface area contributed by atoms with Crippen LogP contribution in [-0.2, 0) is 4.74 Å². The maximum absolute atomic E-state index is 5.70. The van der Waals surface area contributed by atoms with Gasteiger partial charge in [0.05, 0.1) is 12.3 Å². The van der Waals surface area contributed by atoms with Crippen molar-refractivity contribution >= 4 is 11.8 Å². The lowest BCUT2D eigenvalue weighted by molar-refractivity contribution is 0.218. The molecule has 0 radical (unpaired) electrons. The van der Waals surface area contributed by atoms with E-state index in [0.717, 1.165) is 22.9 Å². The summed E-state index contributed by atoms with van der Waals surface area (Å²) < 4.78 is 4.96. The van der Waals surface area contributed by atoms with Crippen molar-refractivity contribution in [2.24, 2.45) is 5.73 Å². The van der Waals surface area contributed by atoms with Crippen LogP contribution in [0.25, 0.3) is 0 Å². The highest BCUT2D eigenvalue weighted by molar-refractivity contribution is 7.99. The number of thioether (sulfide) groups is 1. The second-order valence-electron chi connectivity index (χ2n) is 3.05. The number of rotatable bonds is 5. The van der Waals surface area contributed by atoms with E-state index >= 15 is 0 Å². The fourth-order valence-corrected chi connectivity index (χ4v) is 1.77. The van der Waals surface area contributed by atoms with Crippen molar-refractivity contribution in [1.29, 1.82) is 0 Å². The standard InChI is InChI=1S/C10H16N2OS/c1-8(11)10-4-3-9(7-12-10)14-6-5-13-2/h3-4,7-8H,5-6,11H2,1-2H3. The number of hydrogen-bond acceptors (Lipinski definition) is 4. The fourth-order valence-electron chi connectivity index (χ4n) is 0.989. The van der Waals surface area contributed by atoms with Crippen molar-refractivity contribution in [2.75, 3.05) is 19.5 Å². The minimum absolute atomic E-state index is 0.00743. The van der Waals surface area contributed by atoms with Gasteiger partial charge in [-0.15, -0.1) is 11.8 Å². The topological polar surface area (TPSA) is 48.1 Å². The maximum atomic E-state index is 5.70. The number of ether oxygens (including phenoxy) is 1. The Labute approximate surface area is 89.1 Å². The van der Waals surface area contributed by atoms with Crippen molar-refractivity contribution in [1.82, 2.24) is 4.98 Å². The minimum Gasteiger partial charge on any atom is -0.384 e. The predicted molar refractivity (Wildman–Crippen MR) is 59.4 cm³/mol. The first-order valence-electron chi connectivity index (χ1n) is 4.57. The lowest BCUT2D eigenvalue weighted by atomic mass is 10.2. The highest BCUT2D eigenvalue weighted by Crippen LogP contribution is 2.17. The molecule has 78 valence electrons. The average Bonchev–Trinajstić information content (AvgIpc) is 2.19. The highest BCUT2D eigenvalue weighted by atomic mass is 32.2. The smallest absolute Gasteiger partial charge is 0.0569 e. The van der Waals surface area contributed by atoms with Crippen LogP contribution < -0.4 is 5.73 Å². The predicted octanol–water partition coefficient (Wildman–Crippen LogP) is 1.84. The van der Waals surface area contributed by atoms with Gasteiger partial charge >= 0.3 is 0 Å². The third-order valence-corrected chi connectivity index (χ3v) is 2.73. The summed E-state index contributed by atoms with van der Waals surface area (Å²) in [5.41, 5.74) is 6.63. The molecule has 4 heteroatoms. The molecular formula is C10H16N2OS. The zero-order chi connectivity index (χ0) is 10.4. The molecule has 1 aromatic rings. The monoisotopic (exact) mass is 212 g/mol. The molecule has 0 aliphatic rings. The summed E-state index contributed by atoms with van der Waals surface area (Å²) in [6, 6.07) is 4.03. The first kappa shape index (κ1) is 11.5. The zero-order valence-corrected chi connectivity index (χ0v) is 9.38. The summed E-state index contributed by atoms with van der Waals surface area (Å²) in [4.78, 5) is 5.43. The van der Waals surface area contributed by atoms with Gasteiger partial charge in [-0.1, -0.05) is 0 Å². The number of hydrogen-bond donors (Lipinski definition) is 1. The van der Waals surface area contributed by atoms with Gasteiger partial charge in [0.2, 0.25) is 0 Å². The van der Waals surface area contributed by atoms with Gasteiger partial charge in [-0.2, -0.15) is 0 Å². The van der Waals surface area contributed by atoms with Crippen molar-refractivity contribution in [3.05, 3.63) is 24.0 Å². The Kier molecular flexibility index (Phi) is 4.93. The highest BCUT2D eigenvalue weighted by Gasteiger charge is 2.00. The normalized spacial score (nSPS) is 12.8. The Morgan fingerprint density at radius 2 is 2.36 bits per heavy atom. The maximum Gasteiger partial charge on any atom is 0.0569 e. The molecule has 0 aromatic carbocycles. The van der Waals surface area contributed by atoms with Gasteiger partial charge in [0.1, 0.15) is 0 Å². The van der Waals surface area contributed by atoms with E-state index < -0.39 is 0 Å². The lowest BCUT2D eigenvalue weighted by Gasteiger charge is -2.05. The quantitative estimate of drug-likeness (QED) is 0.597. The van der Waals surface area contributed by atoms with Crippen molar-refractivity contribution in [3.63, 3.8) is 0 Å². The summed E-state index contributed by atoms with van der Waals surface area (Å²) in [6.45, 7) is 2.69. The Bertz CT molecular complexity index is 261. The average molecular weight is 212 g/mol. The first-order valence-corrected chi connectivity index (χ1v) is 5.56. The molecule has 1 aromatic heterocycles. The van der Waals surface area contributed by atoms with Crippen LogP contribution in [0.3, 0.4) is 0 Å². The molecule has 1 unspecified atom stereocenters. The number of pyridine rings is 1. The Morgan fingerprint density at radius 1 is 1.57 bits per heavy atom. The van der Waals surface area contributed by atoms with Gasteiger partial charge in [-0.3, -0.25) is 4.98 Å². The van der Waals surface area contributed by atoms with Crippen LogP contribution in [0.1, 0.15) is 18.7 Å². The number of methoxy groups -OCH3 is 1. The summed E-state index contributed by atoms with van der Waals surface area (Å²) in [5, 5.41) is 0. The number of nitrogens with two attached hydrogens (primary N) is 1. The van der Waals surface area contributed by atoms with Gasteiger partial charge in [0, 0.05) is 30.0 Å². The van der Waals surface area contributed by atoms with Crippen LogP contribution in [0.2, 0.25) is 0 Å². The molecule has 1 rings (SSSR count). The molecule has 0 bridgehead atoms. The molecule has 0 fully saturated rings. The van der Waals surface area contributed by atoms with Crippen molar-refractivity contribution in [2.45, 2.75) is 17.9 Å². The molecule has 3 nitrogen and oxygen atoms in total. The van der Waals surface area contributed by atoms with Crippen LogP contribution >= 0.6 is 11.8 Å². The van der Waals surface area contributed by atoms with Crippen molar-refractivity contribution < 1.29 is 4.74 Å². The van der Waals surface area contributed by atoms with Gasteiger partial charge in [0.25, 0.3) is 0 Å². The van der Waals surface area contributed by atoms with E-state index in [1.807, 2.05) is 25.3 Å². The fraction of sp³-hybridized carbons (Fsp3) is 0.500. The molecule has 2 N–H and O–H groups in total. The van der Waals surface area contributed by atoms with E-state index in [2.05, 4.69) is 4.98 Å². The van der Waals surface area contributed by atoms with E-state index in [1.165, 1.54) is 0 Å². The van der Waals surface area contributed by atoms with E-state index in [9.17, 15) is 0 Å². The molecule has 1 heterocycles. The molecular weight excluding hydrogens is 196 g/mol. The summed E-state index contributed by atoms with van der Waals surface area (Å²) in [6.07, 6.45) is 1.86. The van der Waals surface area contributed by atoms with E-state index in [4.69, 9.17) is 10.5 Å². The van der Waals surface area contributed by atoms with Crippen LogP contribution in [0, 0.1) is 0 Å². The molecule has 0 saturated carbocycles. The van der Waals surface area contributed by atoms with Gasteiger partial charge in [0.15, 0.2) is 0 Å². The molecule has 14 heavy (non-hydrogen) atoms. The molecule has 0 spiro atoms. The number of nitrogens with zero attached hydrogens (tertiary/aromatic N) is 1. The molecule has 0 aliphatic carbocycles. The minimum atomic E-state index is 0.00743. The van der Waals surface area contributed by atoms with E-state index in [1.54, 1.807) is 18.9 Å². The third kappa shape index (κ3) is 3.65. The summed E-state index contributed by atoms with van der Waals surface area (Å²) >= 11 is 1.74. The zero-order valence-electron chi connectivity index (χ0n) is 8.56. The molecule has 0 amide bonds. The summed E-state index contributed by atoms with van der Waals surface area (Å²) in [7, 11) is 1.71. The van der Waals surface area contributed by atoms with Gasteiger partial charge in [-0.05, 0) is 19.1 Å². The largest absolute Gasteiger partial charge is 0.384 e. The first-order chi connectivity index (χ1) is 6.74.